The summed E-state index contributed by atoms with van der Waals surface area (Å²) >= 11 is 1.49. The number of hydrogen-bond donors (Lipinski definition) is 1. The Morgan fingerprint density at radius 2 is 1.58 bits per heavy atom. The first-order chi connectivity index (χ1) is 18.2. The van der Waals surface area contributed by atoms with Gasteiger partial charge in [0, 0.05) is 9.79 Å². The summed E-state index contributed by atoms with van der Waals surface area (Å²) in [5.41, 5.74) is 1.83. The molecule has 7 nitrogen and oxygen atoms in total. The number of nitrogens with one attached hydrogen (secondary N) is 1. The predicted molar refractivity (Wildman–Crippen MR) is 150 cm³/mol. The van der Waals surface area contributed by atoms with Gasteiger partial charge in [-0.05, 0) is 67.1 Å². The van der Waals surface area contributed by atoms with E-state index in [0.29, 0.717) is 11.4 Å². The fraction of sp³-hybridized carbons (Fsp3) is 0.103. The van der Waals surface area contributed by atoms with Crippen LogP contribution in [-0.2, 0) is 14.8 Å². The van der Waals surface area contributed by atoms with Gasteiger partial charge in [0.05, 0.1) is 23.2 Å². The average Bonchev–Trinajstić information content (AvgIpc) is 2.88. The Morgan fingerprint density at radius 3 is 2.32 bits per heavy atom. The van der Waals surface area contributed by atoms with Crippen molar-refractivity contribution < 1.29 is 22.7 Å². The fourth-order valence-corrected chi connectivity index (χ4v) is 5.40. The number of aryl methyl sites for hydroxylation is 1. The number of carbonyl (C=O) groups is 2. The van der Waals surface area contributed by atoms with E-state index >= 15 is 0 Å². The van der Waals surface area contributed by atoms with Crippen molar-refractivity contribution in [2.24, 2.45) is 0 Å². The van der Waals surface area contributed by atoms with Crippen LogP contribution in [0.2, 0.25) is 0 Å². The zero-order valence-electron chi connectivity index (χ0n) is 20.8. The number of sulfonamides is 1. The van der Waals surface area contributed by atoms with Gasteiger partial charge in [-0.15, -0.1) is 0 Å². The molecule has 0 aliphatic rings. The van der Waals surface area contributed by atoms with Gasteiger partial charge in [0.25, 0.3) is 0 Å². The first-order valence-corrected chi connectivity index (χ1v) is 14.3. The molecule has 0 aliphatic heterocycles. The molecule has 0 saturated carbocycles. The fourth-order valence-electron chi connectivity index (χ4n) is 3.63. The molecule has 0 fully saturated rings. The Kier molecular flexibility index (Phi) is 8.50. The third kappa shape index (κ3) is 7.24. The first kappa shape index (κ1) is 27.0. The van der Waals surface area contributed by atoms with E-state index in [0.717, 1.165) is 25.9 Å². The number of anilines is 2. The van der Waals surface area contributed by atoms with Crippen molar-refractivity contribution in [1.29, 1.82) is 0 Å². The molecule has 0 heterocycles. The van der Waals surface area contributed by atoms with Crippen LogP contribution in [0.4, 0.5) is 11.4 Å². The summed E-state index contributed by atoms with van der Waals surface area (Å²) < 4.78 is 31.7. The number of benzene rings is 4. The van der Waals surface area contributed by atoms with E-state index in [1.807, 2.05) is 55.5 Å². The van der Waals surface area contributed by atoms with Gasteiger partial charge in [-0.25, -0.2) is 13.2 Å². The van der Waals surface area contributed by atoms with Gasteiger partial charge < -0.3 is 10.1 Å². The van der Waals surface area contributed by atoms with E-state index < -0.39 is 28.4 Å². The van der Waals surface area contributed by atoms with Crippen LogP contribution < -0.4 is 14.4 Å². The second-order valence-electron chi connectivity index (χ2n) is 8.49. The van der Waals surface area contributed by atoms with Crippen molar-refractivity contribution in [2.75, 3.05) is 22.4 Å². The lowest BCUT2D eigenvalue weighted by atomic mass is 10.2. The van der Waals surface area contributed by atoms with Gasteiger partial charge >= 0.3 is 5.97 Å². The minimum absolute atomic E-state index is 0.155. The molecule has 38 heavy (non-hydrogen) atoms. The molecule has 0 bridgehead atoms. The van der Waals surface area contributed by atoms with Crippen molar-refractivity contribution in [2.45, 2.75) is 16.7 Å². The van der Waals surface area contributed by atoms with E-state index in [4.69, 9.17) is 4.74 Å². The van der Waals surface area contributed by atoms with Crippen LogP contribution in [0.1, 0.15) is 15.9 Å². The molecule has 0 radical (unpaired) electrons. The van der Waals surface area contributed by atoms with Crippen LogP contribution >= 0.6 is 11.8 Å². The quantitative estimate of drug-likeness (QED) is 0.212. The smallest absolute Gasteiger partial charge is 0.343 e. The van der Waals surface area contributed by atoms with Crippen LogP contribution in [0.15, 0.2) is 113 Å². The van der Waals surface area contributed by atoms with Gasteiger partial charge in [0.15, 0.2) is 0 Å². The molecular formula is C29H26N2O5S2. The zero-order chi connectivity index (χ0) is 27.1. The second-order valence-corrected chi connectivity index (χ2v) is 11.5. The topological polar surface area (TPSA) is 92.8 Å². The Balaban J connectivity index is 1.52. The van der Waals surface area contributed by atoms with Crippen LogP contribution in [-0.4, -0.2) is 33.1 Å². The van der Waals surface area contributed by atoms with Crippen molar-refractivity contribution >= 4 is 45.0 Å². The van der Waals surface area contributed by atoms with E-state index in [1.54, 1.807) is 36.4 Å². The predicted octanol–water partition coefficient (Wildman–Crippen LogP) is 5.77. The number of amides is 1. The molecular weight excluding hydrogens is 520 g/mol. The lowest BCUT2D eigenvalue weighted by Crippen LogP contribution is -2.37. The minimum Gasteiger partial charge on any atom is -0.423 e. The summed E-state index contributed by atoms with van der Waals surface area (Å²) in [6.07, 6.45) is 1.01. The number of esters is 1. The zero-order valence-corrected chi connectivity index (χ0v) is 22.5. The number of ether oxygens (including phenoxy) is 1. The summed E-state index contributed by atoms with van der Waals surface area (Å²) in [4.78, 5) is 27.6. The Hall–Kier alpha value is -4.08. The Labute approximate surface area is 226 Å². The second kappa shape index (κ2) is 12.0. The van der Waals surface area contributed by atoms with Crippen molar-refractivity contribution in [1.82, 2.24) is 0 Å². The highest BCUT2D eigenvalue weighted by molar-refractivity contribution is 7.99. The number of nitrogens with zero attached hydrogens (tertiary/aromatic N) is 1. The Bertz CT molecular complexity index is 1560. The van der Waals surface area contributed by atoms with Gasteiger partial charge in [-0.1, -0.05) is 60.3 Å². The molecule has 194 valence electrons. The van der Waals surface area contributed by atoms with Gasteiger partial charge in [0.1, 0.15) is 12.3 Å². The van der Waals surface area contributed by atoms with E-state index in [2.05, 4.69) is 5.32 Å². The standard InChI is InChI=1S/C29H26N2O5S2/c1-21-10-8-13-24(18-21)36-29(33)22-11-9-12-23(19-22)31(38(2,34)35)20-28(32)30-26-16-6-7-17-27(26)37-25-14-4-3-5-15-25/h3-19H,20H2,1-2H3,(H,30,32). The molecule has 4 aromatic carbocycles. The largest absolute Gasteiger partial charge is 0.423 e. The van der Waals surface area contributed by atoms with Crippen molar-refractivity contribution in [3.63, 3.8) is 0 Å². The summed E-state index contributed by atoms with van der Waals surface area (Å²) in [5.74, 6) is -0.779. The number of rotatable bonds is 9. The third-order valence-corrected chi connectivity index (χ3v) is 7.61. The lowest BCUT2D eigenvalue weighted by Gasteiger charge is -2.22. The normalized spacial score (nSPS) is 11.0. The summed E-state index contributed by atoms with van der Waals surface area (Å²) in [7, 11) is -3.86. The molecule has 0 spiro atoms. The average molecular weight is 547 g/mol. The molecule has 1 amide bonds. The molecule has 0 aliphatic carbocycles. The molecule has 9 heteroatoms. The third-order valence-electron chi connectivity index (χ3n) is 5.39. The highest BCUT2D eigenvalue weighted by Crippen LogP contribution is 2.33. The monoisotopic (exact) mass is 546 g/mol. The van der Waals surface area contributed by atoms with Crippen molar-refractivity contribution in [3.8, 4) is 5.75 Å². The van der Waals surface area contributed by atoms with E-state index in [-0.39, 0.29) is 11.3 Å². The molecule has 0 atom stereocenters. The summed E-state index contributed by atoms with van der Waals surface area (Å²) in [5, 5.41) is 2.82. The maximum Gasteiger partial charge on any atom is 0.343 e. The van der Waals surface area contributed by atoms with Crippen LogP contribution in [0.3, 0.4) is 0 Å². The number of para-hydroxylation sites is 1. The Morgan fingerprint density at radius 1 is 0.868 bits per heavy atom. The summed E-state index contributed by atoms with van der Waals surface area (Å²) in [6.45, 7) is 1.41. The molecule has 0 aromatic heterocycles. The molecule has 0 saturated heterocycles. The minimum atomic E-state index is -3.86. The molecule has 0 unspecified atom stereocenters. The van der Waals surface area contributed by atoms with Crippen LogP contribution in [0, 0.1) is 6.92 Å². The van der Waals surface area contributed by atoms with Crippen LogP contribution in [0.5, 0.6) is 5.75 Å². The maximum absolute atomic E-state index is 13.0. The molecule has 4 aromatic rings. The highest BCUT2D eigenvalue weighted by Gasteiger charge is 2.23. The summed E-state index contributed by atoms with van der Waals surface area (Å²) in [6, 6.07) is 30.0. The number of carbonyl (C=O) groups excluding carboxylic acids is 2. The SMILES string of the molecule is Cc1cccc(OC(=O)c2cccc(N(CC(=O)Nc3ccccc3Sc3ccccc3)S(C)(=O)=O)c2)c1. The molecule has 4 rings (SSSR count). The van der Waals surface area contributed by atoms with Gasteiger partial charge in [-0.3, -0.25) is 9.10 Å². The highest BCUT2D eigenvalue weighted by atomic mass is 32.2. The van der Waals surface area contributed by atoms with E-state index in [9.17, 15) is 18.0 Å². The first-order valence-electron chi connectivity index (χ1n) is 11.7. The number of hydrogen-bond acceptors (Lipinski definition) is 6. The van der Waals surface area contributed by atoms with Gasteiger partial charge in [0.2, 0.25) is 15.9 Å². The van der Waals surface area contributed by atoms with E-state index in [1.165, 1.54) is 30.0 Å². The molecule has 1 N–H and O–H groups in total. The van der Waals surface area contributed by atoms with Gasteiger partial charge in [-0.2, -0.15) is 0 Å². The van der Waals surface area contributed by atoms with Crippen molar-refractivity contribution in [3.05, 3.63) is 114 Å². The lowest BCUT2D eigenvalue weighted by molar-refractivity contribution is -0.114. The van der Waals surface area contributed by atoms with Crippen LogP contribution in [0.25, 0.3) is 0 Å². The maximum atomic E-state index is 13.0.